The maximum Gasteiger partial charge on any atom is 0.161 e. The highest BCUT2D eigenvalue weighted by molar-refractivity contribution is 5.87. The van der Waals surface area contributed by atoms with E-state index in [4.69, 9.17) is 8.83 Å². The lowest BCUT2D eigenvalue weighted by Gasteiger charge is -2.32. The van der Waals surface area contributed by atoms with Gasteiger partial charge in [0.2, 0.25) is 0 Å². The van der Waals surface area contributed by atoms with E-state index in [1.165, 1.54) is 0 Å². The first-order valence-corrected chi connectivity index (χ1v) is 6.96. The van der Waals surface area contributed by atoms with Crippen molar-refractivity contribution >= 4 is 5.71 Å². The molecule has 0 amide bonds. The zero-order chi connectivity index (χ0) is 13.9. The van der Waals surface area contributed by atoms with Crippen molar-refractivity contribution in [2.75, 3.05) is 0 Å². The van der Waals surface area contributed by atoms with Crippen molar-refractivity contribution in [2.45, 2.75) is 31.8 Å². The van der Waals surface area contributed by atoms with Crippen molar-refractivity contribution in [2.24, 2.45) is 11.1 Å². The number of oxime groups is 1. The predicted octanol–water partition coefficient (Wildman–Crippen LogP) is 2.48. The SMILES string of the molecule is CC[C@H]1/C(=N/O)C[C@@H](c2ccco2)[NH2+][C@@H]1c1ccco1. The van der Waals surface area contributed by atoms with Crippen LogP contribution in [0.5, 0.6) is 0 Å². The van der Waals surface area contributed by atoms with Crippen LogP contribution < -0.4 is 5.32 Å². The third-order valence-corrected chi connectivity index (χ3v) is 4.08. The summed E-state index contributed by atoms with van der Waals surface area (Å²) >= 11 is 0. The van der Waals surface area contributed by atoms with Gasteiger partial charge in [0.05, 0.1) is 24.2 Å². The second kappa shape index (κ2) is 5.54. The maximum atomic E-state index is 9.34. The summed E-state index contributed by atoms with van der Waals surface area (Å²) in [6, 6.07) is 7.94. The molecule has 0 spiro atoms. The van der Waals surface area contributed by atoms with Crippen LogP contribution in [-0.2, 0) is 0 Å². The number of nitrogens with zero attached hydrogens (tertiary/aromatic N) is 1. The number of hydrogen-bond acceptors (Lipinski definition) is 4. The second-order valence-electron chi connectivity index (χ2n) is 5.17. The molecule has 106 valence electrons. The van der Waals surface area contributed by atoms with E-state index in [2.05, 4.69) is 17.4 Å². The molecule has 0 bridgehead atoms. The van der Waals surface area contributed by atoms with Gasteiger partial charge in [-0.15, -0.1) is 0 Å². The van der Waals surface area contributed by atoms with Gasteiger partial charge >= 0.3 is 0 Å². The minimum absolute atomic E-state index is 0.116. The Bertz CT molecular complexity index is 560. The summed E-state index contributed by atoms with van der Waals surface area (Å²) in [4.78, 5) is 0. The van der Waals surface area contributed by atoms with Crippen LogP contribution in [0.2, 0.25) is 0 Å². The zero-order valence-electron chi connectivity index (χ0n) is 11.4. The summed E-state index contributed by atoms with van der Waals surface area (Å²) in [5.74, 6) is 1.99. The van der Waals surface area contributed by atoms with Crippen molar-refractivity contribution in [3.8, 4) is 0 Å². The minimum Gasteiger partial charge on any atom is -0.463 e. The molecule has 3 N–H and O–H groups in total. The van der Waals surface area contributed by atoms with Gasteiger partial charge in [-0.2, -0.15) is 0 Å². The van der Waals surface area contributed by atoms with E-state index in [1.54, 1.807) is 12.5 Å². The minimum atomic E-state index is 0.116. The van der Waals surface area contributed by atoms with Gasteiger partial charge in [0, 0.05) is 6.42 Å². The first-order chi connectivity index (χ1) is 9.83. The molecule has 0 radical (unpaired) electrons. The van der Waals surface area contributed by atoms with Gasteiger partial charge < -0.3 is 19.4 Å². The van der Waals surface area contributed by atoms with E-state index < -0.39 is 0 Å². The molecule has 2 aromatic heterocycles. The van der Waals surface area contributed by atoms with Crippen LogP contribution in [0.1, 0.15) is 43.4 Å². The van der Waals surface area contributed by atoms with Gasteiger partial charge in [0.1, 0.15) is 0 Å². The van der Waals surface area contributed by atoms with Gasteiger partial charge in [-0.25, -0.2) is 0 Å². The summed E-state index contributed by atoms with van der Waals surface area (Å²) < 4.78 is 11.1. The average Bonchev–Trinajstić information content (AvgIpc) is 3.18. The number of hydrogen-bond donors (Lipinski definition) is 2. The fourth-order valence-electron chi connectivity index (χ4n) is 3.11. The second-order valence-corrected chi connectivity index (χ2v) is 5.17. The smallest absolute Gasteiger partial charge is 0.161 e. The first-order valence-electron chi connectivity index (χ1n) is 6.96. The molecule has 0 aromatic carbocycles. The van der Waals surface area contributed by atoms with Crippen molar-refractivity contribution in [1.82, 2.24) is 0 Å². The highest BCUT2D eigenvalue weighted by Crippen LogP contribution is 2.31. The number of piperidine rings is 1. The molecule has 1 aliphatic rings. The number of nitrogens with two attached hydrogens (primary N) is 1. The van der Waals surface area contributed by atoms with E-state index in [0.29, 0.717) is 6.42 Å². The Balaban J connectivity index is 1.93. The monoisotopic (exact) mass is 275 g/mol. The van der Waals surface area contributed by atoms with Crippen molar-refractivity contribution in [1.29, 1.82) is 0 Å². The molecule has 5 nitrogen and oxygen atoms in total. The molecule has 1 aliphatic heterocycles. The molecule has 3 rings (SSSR count). The fourth-order valence-corrected chi connectivity index (χ4v) is 3.11. The predicted molar refractivity (Wildman–Crippen MR) is 72.4 cm³/mol. The molecule has 1 saturated heterocycles. The summed E-state index contributed by atoms with van der Waals surface area (Å²) in [6.45, 7) is 2.10. The Morgan fingerprint density at radius 2 is 1.95 bits per heavy atom. The zero-order valence-corrected chi connectivity index (χ0v) is 11.4. The molecule has 3 atom stereocenters. The Labute approximate surface area is 117 Å². The Morgan fingerprint density at radius 1 is 1.25 bits per heavy atom. The summed E-state index contributed by atoms with van der Waals surface area (Å²) in [7, 11) is 0. The third kappa shape index (κ3) is 2.25. The van der Waals surface area contributed by atoms with Gasteiger partial charge in [0.25, 0.3) is 0 Å². The third-order valence-electron chi connectivity index (χ3n) is 4.08. The van der Waals surface area contributed by atoms with Gasteiger partial charge in [-0.1, -0.05) is 12.1 Å². The molecule has 20 heavy (non-hydrogen) atoms. The van der Waals surface area contributed by atoms with E-state index in [0.717, 1.165) is 23.7 Å². The summed E-state index contributed by atoms with van der Waals surface area (Å²) in [5.41, 5.74) is 0.817. The van der Waals surface area contributed by atoms with Crippen LogP contribution >= 0.6 is 0 Å². The standard InChI is InChI=1S/C15H18N2O3/c1-2-10-11(17-18)9-12(13-5-3-7-19-13)16-15(10)14-6-4-8-20-14/h3-8,10,12,15-16,18H,2,9H2,1H3/p+1/b17-11+/t10-,12-,15-/m0/s1. The fraction of sp³-hybridized carbons (Fsp3) is 0.400. The highest BCUT2D eigenvalue weighted by atomic mass is 16.4. The molecular formula is C15H19N2O3+. The first kappa shape index (κ1) is 13.0. The molecule has 5 heteroatoms. The van der Waals surface area contributed by atoms with Crippen LogP contribution in [0.4, 0.5) is 0 Å². The molecule has 0 unspecified atom stereocenters. The quantitative estimate of drug-likeness (QED) is 0.667. The number of furan rings is 2. The molecule has 0 aliphatic carbocycles. The largest absolute Gasteiger partial charge is 0.463 e. The maximum absolute atomic E-state index is 9.34. The summed E-state index contributed by atoms with van der Waals surface area (Å²) in [6.07, 6.45) is 4.96. The molecule has 0 saturated carbocycles. The van der Waals surface area contributed by atoms with Crippen molar-refractivity contribution < 1.29 is 19.4 Å². The van der Waals surface area contributed by atoms with E-state index in [-0.39, 0.29) is 18.0 Å². The van der Waals surface area contributed by atoms with Crippen molar-refractivity contribution in [3.05, 3.63) is 48.3 Å². The topological polar surface area (TPSA) is 75.5 Å². The van der Waals surface area contributed by atoms with Crippen LogP contribution in [0.3, 0.4) is 0 Å². The molecule has 2 aromatic rings. The van der Waals surface area contributed by atoms with Crippen LogP contribution in [-0.4, -0.2) is 10.9 Å². The average molecular weight is 275 g/mol. The lowest BCUT2D eigenvalue weighted by Crippen LogP contribution is -2.90. The number of rotatable bonds is 3. The molecular weight excluding hydrogens is 256 g/mol. The normalized spacial score (nSPS) is 28.9. The summed E-state index contributed by atoms with van der Waals surface area (Å²) in [5, 5.41) is 15.1. The Kier molecular flexibility index (Phi) is 3.60. The molecule has 1 fully saturated rings. The van der Waals surface area contributed by atoms with E-state index >= 15 is 0 Å². The van der Waals surface area contributed by atoms with Gasteiger partial charge in [-0.05, 0) is 30.7 Å². The van der Waals surface area contributed by atoms with Crippen LogP contribution in [0.15, 0.2) is 50.8 Å². The van der Waals surface area contributed by atoms with Crippen molar-refractivity contribution in [3.63, 3.8) is 0 Å². The van der Waals surface area contributed by atoms with Crippen LogP contribution in [0, 0.1) is 5.92 Å². The highest BCUT2D eigenvalue weighted by Gasteiger charge is 2.41. The Hall–Kier alpha value is -2.01. The lowest BCUT2D eigenvalue weighted by molar-refractivity contribution is -0.745. The molecule has 3 heterocycles. The lowest BCUT2D eigenvalue weighted by atomic mass is 9.82. The van der Waals surface area contributed by atoms with E-state index in [9.17, 15) is 5.21 Å². The van der Waals surface area contributed by atoms with Gasteiger partial charge in [0.15, 0.2) is 23.6 Å². The van der Waals surface area contributed by atoms with E-state index in [1.807, 2.05) is 24.3 Å². The van der Waals surface area contributed by atoms with Crippen LogP contribution in [0.25, 0.3) is 0 Å². The number of quaternary nitrogens is 1. The Morgan fingerprint density at radius 3 is 2.50 bits per heavy atom. The van der Waals surface area contributed by atoms with Gasteiger partial charge in [-0.3, -0.25) is 0 Å².